The normalized spacial score (nSPS) is 14.0. The number of anilines is 1. The number of aryl methyl sites for hydroxylation is 3. The quantitative estimate of drug-likeness (QED) is 0.472. The lowest BCUT2D eigenvalue weighted by atomic mass is 10.1. The highest BCUT2D eigenvalue weighted by atomic mass is 16.2. The van der Waals surface area contributed by atoms with Gasteiger partial charge in [0.2, 0.25) is 0 Å². The van der Waals surface area contributed by atoms with E-state index in [1.165, 1.54) is 11.3 Å². The molecule has 0 N–H and O–H groups in total. The number of nitrogens with zero attached hydrogens (tertiary/aromatic N) is 5. The van der Waals surface area contributed by atoms with Crippen LogP contribution in [0.15, 0.2) is 72.9 Å². The molecule has 0 aliphatic carbocycles. The van der Waals surface area contributed by atoms with Crippen LogP contribution >= 0.6 is 0 Å². The van der Waals surface area contributed by atoms with Crippen molar-refractivity contribution in [3.63, 3.8) is 0 Å². The van der Waals surface area contributed by atoms with E-state index in [2.05, 4.69) is 55.1 Å². The Morgan fingerprint density at radius 1 is 0.879 bits per heavy atom. The fourth-order valence-electron chi connectivity index (χ4n) is 4.57. The van der Waals surface area contributed by atoms with Crippen molar-refractivity contribution in [3.05, 3.63) is 89.7 Å². The molecule has 1 aliphatic heterocycles. The maximum Gasteiger partial charge on any atom is 0.272 e. The standard InChI is InChI=1S/C27H29N5O/c1-20-8-6-10-22(18-20)32-26(19-23(28-32)25-12-7-13-29(25)3)27(33)31-16-14-30(15-17-31)24-11-5-4-9-21(24)2/h4-13,18-19H,14-17H2,1-3H3. The van der Waals surface area contributed by atoms with Crippen LogP contribution < -0.4 is 4.90 Å². The van der Waals surface area contributed by atoms with E-state index in [0.717, 1.165) is 35.7 Å². The van der Waals surface area contributed by atoms with Crippen LogP contribution in [-0.4, -0.2) is 51.3 Å². The molecule has 0 saturated carbocycles. The maximum atomic E-state index is 13.7. The first-order valence-corrected chi connectivity index (χ1v) is 11.4. The molecule has 5 rings (SSSR count). The van der Waals surface area contributed by atoms with Crippen LogP contribution in [0, 0.1) is 13.8 Å². The molecule has 0 radical (unpaired) electrons. The molecule has 1 fully saturated rings. The number of piperazine rings is 1. The molecule has 1 aliphatic rings. The molecule has 0 bridgehead atoms. The largest absolute Gasteiger partial charge is 0.368 e. The van der Waals surface area contributed by atoms with Crippen molar-refractivity contribution in [2.75, 3.05) is 31.1 Å². The van der Waals surface area contributed by atoms with Crippen molar-refractivity contribution in [2.24, 2.45) is 7.05 Å². The number of carbonyl (C=O) groups excluding carboxylic acids is 1. The summed E-state index contributed by atoms with van der Waals surface area (Å²) in [6, 6.07) is 22.5. The summed E-state index contributed by atoms with van der Waals surface area (Å²) in [5.74, 6) is 0.0221. The Kier molecular flexibility index (Phi) is 5.50. The van der Waals surface area contributed by atoms with Gasteiger partial charge in [0.15, 0.2) is 0 Å². The number of hydrogen-bond donors (Lipinski definition) is 0. The van der Waals surface area contributed by atoms with Crippen LogP contribution in [0.1, 0.15) is 21.6 Å². The summed E-state index contributed by atoms with van der Waals surface area (Å²) in [4.78, 5) is 18.0. The number of aromatic nitrogens is 3. The third-order valence-corrected chi connectivity index (χ3v) is 6.40. The predicted octanol–water partition coefficient (Wildman–Crippen LogP) is 4.46. The van der Waals surface area contributed by atoms with Gasteiger partial charge in [0.05, 0.1) is 11.4 Å². The van der Waals surface area contributed by atoms with E-state index < -0.39 is 0 Å². The molecule has 2 aromatic heterocycles. The van der Waals surface area contributed by atoms with Crippen molar-refractivity contribution in [1.82, 2.24) is 19.2 Å². The molecule has 3 heterocycles. The average molecular weight is 440 g/mol. The highest BCUT2D eigenvalue weighted by Crippen LogP contribution is 2.25. The highest BCUT2D eigenvalue weighted by molar-refractivity contribution is 5.94. The fourth-order valence-corrected chi connectivity index (χ4v) is 4.57. The lowest BCUT2D eigenvalue weighted by molar-refractivity contribution is 0.0737. The molecule has 4 aromatic rings. The second kappa shape index (κ2) is 8.62. The van der Waals surface area contributed by atoms with Crippen molar-refractivity contribution in [1.29, 1.82) is 0 Å². The molecular weight excluding hydrogens is 410 g/mol. The zero-order valence-corrected chi connectivity index (χ0v) is 19.4. The monoisotopic (exact) mass is 439 g/mol. The van der Waals surface area contributed by atoms with Crippen LogP contribution in [0.2, 0.25) is 0 Å². The Balaban J connectivity index is 1.44. The molecule has 6 nitrogen and oxygen atoms in total. The van der Waals surface area contributed by atoms with Gasteiger partial charge in [0.1, 0.15) is 11.4 Å². The van der Waals surface area contributed by atoms with E-state index in [9.17, 15) is 4.79 Å². The van der Waals surface area contributed by atoms with Crippen molar-refractivity contribution in [3.8, 4) is 17.1 Å². The summed E-state index contributed by atoms with van der Waals surface area (Å²) in [5, 5.41) is 4.85. The van der Waals surface area contributed by atoms with Gasteiger partial charge in [-0.15, -0.1) is 0 Å². The van der Waals surface area contributed by atoms with Gasteiger partial charge in [-0.3, -0.25) is 4.79 Å². The molecule has 6 heteroatoms. The van der Waals surface area contributed by atoms with Gasteiger partial charge in [-0.2, -0.15) is 5.10 Å². The van der Waals surface area contributed by atoms with E-state index in [4.69, 9.17) is 5.10 Å². The average Bonchev–Trinajstić information content (AvgIpc) is 3.45. The molecule has 2 aromatic carbocycles. The van der Waals surface area contributed by atoms with E-state index in [1.54, 1.807) is 4.68 Å². The van der Waals surface area contributed by atoms with Crippen LogP contribution in [0.25, 0.3) is 17.1 Å². The molecule has 33 heavy (non-hydrogen) atoms. The third kappa shape index (κ3) is 4.04. The van der Waals surface area contributed by atoms with Crippen molar-refractivity contribution < 1.29 is 4.79 Å². The van der Waals surface area contributed by atoms with Crippen LogP contribution in [0.5, 0.6) is 0 Å². The first-order valence-electron chi connectivity index (χ1n) is 11.4. The highest BCUT2D eigenvalue weighted by Gasteiger charge is 2.27. The maximum absolute atomic E-state index is 13.7. The number of para-hydroxylation sites is 1. The molecule has 1 amide bonds. The Labute approximate surface area is 194 Å². The van der Waals surface area contributed by atoms with E-state index in [1.807, 2.05) is 53.0 Å². The lowest BCUT2D eigenvalue weighted by Gasteiger charge is -2.36. The first-order chi connectivity index (χ1) is 16.0. The number of amides is 1. The van der Waals surface area contributed by atoms with Gasteiger partial charge in [0.25, 0.3) is 5.91 Å². The number of hydrogen-bond acceptors (Lipinski definition) is 3. The van der Waals surface area contributed by atoms with Crippen LogP contribution in [0.4, 0.5) is 5.69 Å². The van der Waals surface area contributed by atoms with Gasteiger partial charge in [-0.1, -0.05) is 30.3 Å². The molecule has 168 valence electrons. The van der Waals surface area contributed by atoms with Gasteiger partial charge < -0.3 is 14.4 Å². The van der Waals surface area contributed by atoms with E-state index in [0.29, 0.717) is 18.8 Å². The van der Waals surface area contributed by atoms with E-state index >= 15 is 0 Å². The summed E-state index contributed by atoms with van der Waals surface area (Å²) < 4.78 is 3.82. The van der Waals surface area contributed by atoms with Gasteiger partial charge in [-0.05, 0) is 61.4 Å². The zero-order chi connectivity index (χ0) is 22.9. The van der Waals surface area contributed by atoms with Crippen molar-refractivity contribution in [2.45, 2.75) is 13.8 Å². The number of benzene rings is 2. The van der Waals surface area contributed by atoms with Crippen LogP contribution in [-0.2, 0) is 7.05 Å². The first kappa shape index (κ1) is 21.1. The molecular formula is C27H29N5O. The SMILES string of the molecule is Cc1cccc(-n2nc(-c3cccn3C)cc2C(=O)N2CCN(c3ccccc3C)CC2)c1. The number of carbonyl (C=O) groups is 1. The Bertz CT molecular complexity index is 1290. The summed E-state index contributed by atoms with van der Waals surface area (Å²) in [6.45, 7) is 7.20. The Morgan fingerprint density at radius 3 is 2.36 bits per heavy atom. The van der Waals surface area contributed by atoms with E-state index in [-0.39, 0.29) is 5.91 Å². The van der Waals surface area contributed by atoms with Crippen LogP contribution in [0.3, 0.4) is 0 Å². The molecule has 0 atom stereocenters. The minimum atomic E-state index is 0.0221. The smallest absolute Gasteiger partial charge is 0.272 e. The zero-order valence-electron chi connectivity index (χ0n) is 19.4. The third-order valence-electron chi connectivity index (χ3n) is 6.40. The second-order valence-corrected chi connectivity index (χ2v) is 8.74. The van der Waals surface area contributed by atoms with Gasteiger partial charge >= 0.3 is 0 Å². The molecule has 0 spiro atoms. The molecule has 0 unspecified atom stereocenters. The Hall–Kier alpha value is -3.80. The summed E-state index contributed by atoms with van der Waals surface area (Å²) >= 11 is 0. The summed E-state index contributed by atoms with van der Waals surface area (Å²) in [7, 11) is 1.99. The summed E-state index contributed by atoms with van der Waals surface area (Å²) in [6.07, 6.45) is 1.99. The predicted molar refractivity (Wildman–Crippen MR) is 132 cm³/mol. The Morgan fingerprint density at radius 2 is 1.67 bits per heavy atom. The van der Waals surface area contributed by atoms with Gasteiger partial charge in [0, 0.05) is 45.1 Å². The minimum absolute atomic E-state index is 0.0221. The van der Waals surface area contributed by atoms with Crippen molar-refractivity contribution >= 4 is 11.6 Å². The summed E-state index contributed by atoms with van der Waals surface area (Å²) in [5.41, 5.74) is 6.93. The minimum Gasteiger partial charge on any atom is -0.368 e. The topological polar surface area (TPSA) is 46.3 Å². The number of rotatable bonds is 4. The fraction of sp³-hybridized carbons (Fsp3) is 0.259. The second-order valence-electron chi connectivity index (χ2n) is 8.74. The molecule has 1 saturated heterocycles. The lowest BCUT2D eigenvalue weighted by Crippen LogP contribution is -2.49. The van der Waals surface area contributed by atoms with Gasteiger partial charge in [-0.25, -0.2) is 4.68 Å².